The van der Waals surface area contributed by atoms with Gasteiger partial charge in [-0.05, 0) is 24.0 Å². The van der Waals surface area contributed by atoms with Gasteiger partial charge in [0.25, 0.3) is 0 Å². The molecule has 1 atom stereocenters. The molecule has 1 N–H and O–H groups in total. The molecule has 0 amide bonds. The monoisotopic (exact) mass is 281 g/mol. The minimum Gasteiger partial charge on any atom is -0.493 e. The van der Waals surface area contributed by atoms with Crippen LogP contribution in [-0.2, 0) is 6.42 Å². The number of methoxy groups -OCH3 is 2. The van der Waals surface area contributed by atoms with Gasteiger partial charge in [-0.2, -0.15) is 15.4 Å². The fourth-order valence-corrected chi connectivity index (χ4v) is 2.33. The summed E-state index contributed by atoms with van der Waals surface area (Å²) in [6, 6.07) is 3.68. The van der Waals surface area contributed by atoms with Gasteiger partial charge in [0.1, 0.15) is 0 Å². The summed E-state index contributed by atoms with van der Waals surface area (Å²) in [5.74, 6) is 1.51. The molecule has 0 aliphatic heterocycles. The maximum absolute atomic E-state index is 6.29. The summed E-state index contributed by atoms with van der Waals surface area (Å²) in [5, 5.41) is 11.1. The van der Waals surface area contributed by atoms with Crippen molar-refractivity contribution in [3.63, 3.8) is 0 Å². The Labute approximate surface area is 116 Å². The van der Waals surface area contributed by atoms with Crippen LogP contribution < -0.4 is 9.47 Å². The van der Waals surface area contributed by atoms with E-state index < -0.39 is 0 Å². The van der Waals surface area contributed by atoms with Crippen LogP contribution in [0.2, 0.25) is 5.02 Å². The molecule has 19 heavy (non-hydrogen) atoms. The van der Waals surface area contributed by atoms with E-state index in [1.54, 1.807) is 26.5 Å². The molecule has 5 nitrogen and oxygen atoms in total. The van der Waals surface area contributed by atoms with E-state index in [-0.39, 0.29) is 5.92 Å². The zero-order chi connectivity index (χ0) is 13.8. The van der Waals surface area contributed by atoms with Crippen molar-refractivity contribution >= 4 is 11.6 Å². The first-order valence-corrected chi connectivity index (χ1v) is 6.29. The number of aromatic amines is 1. The molecule has 6 heteroatoms. The second-order valence-electron chi connectivity index (χ2n) is 4.30. The first kappa shape index (κ1) is 13.7. The molecular weight excluding hydrogens is 266 g/mol. The lowest BCUT2D eigenvalue weighted by atomic mass is 9.96. The highest BCUT2D eigenvalue weighted by Crippen LogP contribution is 2.37. The smallest absolute Gasteiger partial charge is 0.162 e. The highest BCUT2D eigenvalue weighted by Gasteiger charge is 2.16. The summed E-state index contributed by atoms with van der Waals surface area (Å²) in [4.78, 5) is 0. The Morgan fingerprint density at radius 3 is 2.53 bits per heavy atom. The van der Waals surface area contributed by atoms with Crippen LogP contribution in [0.1, 0.15) is 24.1 Å². The topological polar surface area (TPSA) is 60.0 Å². The van der Waals surface area contributed by atoms with E-state index in [0.29, 0.717) is 16.5 Å². The number of hydrogen-bond acceptors (Lipinski definition) is 4. The van der Waals surface area contributed by atoms with Gasteiger partial charge >= 0.3 is 0 Å². The minimum atomic E-state index is 0.206. The maximum Gasteiger partial charge on any atom is 0.162 e. The number of ether oxygens (including phenoxy) is 2. The number of hydrogen-bond donors (Lipinski definition) is 1. The van der Waals surface area contributed by atoms with E-state index in [0.717, 1.165) is 17.7 Å². The predicted octanol–water partition coefficient (Wildman–Crippen LogP) is 2.82. The number of nitrogens with one attached hydrogen (secondary N) is 1. The highest BCUT2D eigenvalue weighted by atomic mass is 35.5. The van der Waals surface area contributed by atoms with Crippen molar-refractivity contribution in [1.29, 1.82) is 0 Å². The number of nitrogens with zero attached hydrogens (tertiary/aromatic N) is 2. The molecule has 2 rings (SSSR count). The third kappa shape index (κ3) is 2.98. The molecule has 1 unspecified atom stereocenters. The van der Waals surface area contributed by atoms with Crippen molar-refractivity contribution in [3.05, 3.63) is 34.6 Å². The first-order chi connectivity index (χ1) is 9.15. The van der Waals surface area contributed by atoms with Gasteiger partial charge in [-0.3, -0.25) is 0 Å². The van der Waals surface area contributed by atoms with E-state index in [4.69, 9.17) is 21.1 Å². The Morgan fingerprint density at radius 2 is 1.95 bits per heavy atom. The third-order valence-electron chi connectivity index (χ3n) is 3.01. The molecule has 102 valence electrons. The second-order valence-corrected chi connectivity index (χ2v) is 4.70. The van der Waals surface area contributed by atoms with Crippen LogP contribution in [0.3, 0.4) is 0 Å². The molecule has 1 aromatic carbocycles. The molecule has 0 spiro atoms. The predicted molar refractivity (Wildman–Crippen MR) is 73.1 cm³/mol. The summed E-state index contributed by atoms with van der Waals surface area (Å²) >= 11 is 6.29. The van der Waals surface area contributed by atoms with Crippen LogP contribution in [0.15, 0.2) is 18.3 Å². The zero-order valence-electron chi connectivity index (χ0n) is 11.1. The highest BCUT2D eigenvalue weighted by molar-refractivity contribution is 6.31. The van der Waals surface area contributed by atoms with Crippen molar-refractivity contribution in [2.45, 2.75) is 19.3 Å². The van der Waals surface area contributed by atoms with Gasteiger partial charge in [-0.1, -0.05) is 18.5 Å². The Morgan fingerprint density at radius 1 is 1.26 bits per heavy atom. The van der Waals surface area contributed by atoms with Crippen LogP contribution in [0.25, 0.3) is 0 Å². The van der Waals surface area contributed by atoms with Crippen molar-refractivity contribution < 1.29 is 9.47 Å². The summed E-state index contributed by atoms with van der Waals surface area (Å²) < 4.78 is 10.5. The standard InChI is InChI=1S/C13H16ClN3O2/c1-8(4-9-7-15-17-16-9)10-5-12(18-2)13(19-3)6-11(10)14/h5-8H,4H2,1-3H3,(H,15,16,17). The molecule has 0 saturated heterocycles. The Balaban J connectivity index is 2.28. The fraction of sp³-hybridized carbons (Fsp3) is 0.385. The molecule has 0 aliphatic rings. The van der Waals surface area contributed by atoms with Gasteiger partial charge in [-0.25, -0.2) is 0 Å². The van der Waals surface area contributed by atoms with E-state index in [1.165, 1.54) is 0 Å². The minimum absolute atomic E-state index is 0.206. The lowest BCUT2D eigenvalue weighted by Gasteiger charge is -2.16. The van der Waals surface area contributed by atoms with E-state index in [1.807, 2.05) is 6.07 Å². The van der Waals surface area contributed by atoms with Crippen LogP contribution >= 0.6 is 11.6 Å². The molecule has 0 radical (unpaired) electrons. The number of rotatable bonds is 5. The molecule has 0 bridgehead atoms. The lowest BCUT2D eigenvalue weighted by molar-refractivity contribution is 0.354. The Bertz CT molecular complexity index is 543. The molecule has 1 heterocycles. The largest absolute Gasteiger partial charge is 0.493 e. The Kier molecular flexibility index (Phi) is 4.27. The van der Waals surface area contributed by atoms with Crippen LogP contribution in [0.5, 0.6) is 11.5 Å². The van der Waals surface area contributed by atoms with Crippen molar-refractivity contribution in [2.75, 3.05) is 14.2 Å². The normalized spacial score (nSPS) is 12.2. The number of halogens is 1. The average molecular weight is 282 g/mol. The van der Waals surface area contributed by atoms with E-state index in [9.17, 15) is 0 Å². The zero-order valence-corrected chi connectivity index (χ0v) is 11.9. The number of aromatic nitrogens is 3. The average Bonchev–Trinajstić information content (AvgIpc) is 2.90. The summed E-state index contributed by atoms with van der Waals surface area (Å²) in [7, 11) is 3.20. The molecule has 1 aromatic heterocycles. The van der Waals surface area contributed by atoms with Gasteiger partial charge in [-0.15, -0.1) is 0 Å². The van der Waals surface area contributed by atoms with Gasteiger partial charge < -0.3 is 9.47 Å². The molecule has 0 saturated carbocycles. The first-order valence-electron chi connectivity index (χ1n) is 5.91. The molecular formula is C13H16ClN3O2. The maximum atomic E-state index is 6.29. The van der Waals surface area contributed by atoms with Gasteiger partial charge in [0.15, 0.2) is 11.5 Å². The number of H-pyrrole nitrogens is 1. The van der Waals surface area contributed by atoms with Gasteiger partial charge in [0.05, 0.1) is 26.1 Å². The molecule has 0 aliphatic carbocycles. The van der Waals surface area contributed by atoms with E-state index in [2.05, 4.69) is 22.3 Å². The Hall–Kier alpha value is -1.75. The quantitative estimate of drug-likeness (QED) is 0.915. The van der Waals surface area contributed by atoms with Crippen LogP contribution in [-0.4, -0.2) is 29.6 Å². The fourth-order valence-electron chi connectivity index (χ4n) is 1.99. The third-order valence-corrected chi connectivity index (χ3v) is 3.34. The van der Waals surface area contributed by atoms with Crippen molar-refractivity contribution in [3.8, 4) is 11.5 Å². The molecule has 0 fully saturated rings. The second kappa shape index (κ2) is 5.93. The van der Waals surface area contributed by atoms with E-state index >= 15 is 0 Å². The van der Waals surface area contributed by atoms with Gasteiger partial charge in [0, 0.05) is 11.1 Å². The SMILES string of the molecule is COc1cc(Cl)c(C(C)Cc2cn[nH]n2)cc1OC. The molecule has 2 aromatic rings. The van der Waals surface area contributed by atoms with Crippen LogP contribution in [0, 0.1) is 0 Å². The van der Waals surface area contributed by atoms with Crippen molar-refractivity contribution in [1.82, 2.24) is 15.4 Å². The summed E-state index contributed by atoms with van der Waals surface area (Å²) in [6.45, 7) is 2.09. The van der Waals surface area contributed by atoms with Gasteiger partial charge in [0.2, 0.25) is 0 Å². The number of benzene rings is 1. The van der Waals surface area contributed by atoms with Crippen molar-refractivity contribution in [2.24, 2.45) is 0 Å². The lowest BCUT2D eigenvalue weighted by Crippen LogP contribution is -2.01. The summed E-state index contributed by atoms with van der Waals surface area (Å²) in [5.41, 5.74) is 1.90. The van der Waals surface area contributed by atoms with Crippen LogP contribution in [0.4, 0.5) is 0 Å². The summed E-state index contributed by atoms with van der Waals surface area (Å²) in [6.07, 6.45) is 2.47.